The van der Waals surface area contributed by atoms with Crippen LogP contribution in [0, 0.1) is 18.7 Å². The van der Waals surface area contributed by atoms with E-state index in [1.807, 2.05) is 31.2 Å². The number of nitrogens with one attached hydrogen (secondary N) is 1. The topological polar surface area (TPSA) is 71.3 Å². The second-order valence-corrected chi connectivity index (χ2v) is 8.45. The molecule has 1 aromatic heterocycles. The fourth-order valence-electron chi connectivity index (χ4n) is 4.06. The number of aryl methyl sites for hydroxylation is 2. The summed E-state index contributed by atoms with van der Waals surface area (Å²) >= 11 is 0. The Bertz CT molecular complexity index is 1030. The van der Waals surface area contributed by atoms with Crippen LogP contribution in [-0.4, -0.2) is 40.6 Å². The summed E-state index contributed by atoms with van der Waals surface area (Å²) < 4.78 is 18.4. The highest BCUT2D eigenvalue weighted by Crippen LogP contribution is 2.21. The van der Waals surface area contributed by atoms with Crippen molar-refractivity contribution in [3.8, 4) is 11.4 Å². The van der Waals surface area contributed by atoms with Crippen LogP contribution in [0.4, 0.5) is 4.39 Å². The Hall–Kier alpha value is -3.06. The lowest BCUT2D eigenvalue weighted by molar-refractivity contribution is -0.126. The summed E-state index contributed by atoms with van der Waals surface area (Å²) in [7, 11) is 0. The number of carbonyl (C=O) groups excluding carboxylic acids is 1. The molecule has 0 radical (unpaired) electrons. The van der Waals surface area contributed by atoms with Gasteiger partial charge in [0.2, 0.25) is 17.6 Å². The summed E-state index contributed by atoms with van der Waals surface area (Å²) in [6, 6.07) is 14.6. The van der Waals surface area contributed by atoms with Crippen molar-refractivity contribution in [1.82, 2.24) is 20.4 Å². The Kier molecular flexibility index (Phi) is 7.27. The number of amides is 1. The van der Waals surface area contributed by atoms with E-state index >= 15 is 0 Å². The summed E-state index contributed by atoms with van der Waals surface area (Å²) in [6.07, 6.45) is 3.32. The molecule has 0 unspecified atom stereocenters. The molecule has 1 N–H and O–H groups in total. The largest absolute Gasteiger partial charge is 0.356 e. The van der Waals surface area contributed by atoms with E-state index in [2.05, 4.69) is 20.4 Å². The number of aromatic nitrogens is 2. The van der Waals surface area contributed by atoms with Crippen LogP contribution >= 0.6 is 0 Å². The highest BCUT2D eigenvalue weighted by molar-refractivity contribution is 5.78. The van der Waals surface area contributed by atoms with Crippen molar-refractivity contribution in [2.75, 3.05) is 19.6 Å². The van der Waals surface area contributed by atoms with Gasteiger partial charge in [0, 0.05) is 18.0 Å². The van der Waals surface area contributed by atoms with Gasteiger partial charge in [0.05, 0.1) is 6.54 Å². The standard InChI is InChI=1S/C25H29FN4O2/c1-18-4-2-6-21(16-18)24-28-23(32-29-24)17-30-14-11-20(12-15-30)25(31)27-13-3-5-19-7-9-22(26)10-8-19/h2,4,6-10,16,20H,3,5,11-15,17H2,1H3,(H,27,31). The molecule has 2 heterocycles. The molecular formula is C25H29FN4O2. The third-order valence-corrected chi connectivity index (χ3v) is 5.92. The molecule has 4 rings (SSSR count). The number of nitrogens with zero attached hydrogens (tertiary/aromatic N) is 3. The number of hydrogen-bond acceptors (Lipinski definition) is 5. The van der Waals surface area contributed by atoms with Crippen LogP contribution < -0.4 is 5.32 Å². The van der Waals surface area contributed by atoms with E-state index in [-0.39, 0.29) is 17.6 Å². The van der Waals surface area contributed by atoms with Gasteiger partial charge in [-0.3, -0.25) is 9.69 Å². The molecule has 1 amide bonds. The fraction of sp³-hybridized carbons (Fsp3) is 0.400. The molecular weight excluding hydrogens is 407 g/mol. The van der Waals surface area contributed by atoms with Gasteiger partial charge in [-0.25, -0.2) is 4.39 Å². The summed E-state index contributed by atoms with van der Waals surface area (Å²) in [5.41, 5.74) is 3.19. The van der Waals surface area contributed by atoms with Crippen molar-refractivity contribution >= 4 is 5.91 Å². The lowest BCUT2D eigenvalue weighted by Crippen LogP contribution is -2.40. The highest BCUT2D eigenvalue weighted by Gasteiger charge is 2.25. The van der Waals surface area contributed by atoms with Gasteiger partial charge in [0.1, 0.15) is 5.82 Å². The Balaban J connectivity index is 1.17. The van der Waals surface area contributed by atoms with Gasteiger partial charge >= 0.3 is 0 Å². The molecule has 1 aliphatic rings. The predicted molar refractivity (Wildman–Crippen MR) is 120 cm³/mol. The number of halogens is 1. The molecule has 3 aromatic rings. The number of piperidine rings is 1. The average Bonchev–Trinajstić information content (AvgIpc) is 3.27. The van der Waals surface area contributed by atoms with E-state index in [9.17, 15) is 9.18 Å². The van der Waals surface area contributed by atoms with E-state index in [0.29, 0.717) is 24.8 Å². The lowest BCUT2D eigenvalue weighted by Gasteiger charge is -2.30. The van der Waals surface area contributed by atoms with Gasteiger partial charge in [-0.1, -0.05) is 41.1 Å². The molecule has 1 fully saturated rings. The second kappa shape index (κ2) is 10.5. The van der Waals surface area contributed by atoms with Crippen molar-refractivity contribution in [3.63, 3.8) is 0 Å². The van der Waals surface area contributed by atoms with Crippen LogP contribution in [0.1, 0.15) is 36.3 Å². The van der Waals surface area contributed by atoms with Crippen LogP contribution in [0.3, 0.4) is 0 Å². The third kappa shape index (κ3) is 6.01. The number of carbonyl (C=O) groups is 1. The minimum Gasteiger partial charge on any atom is -0.356 e. The maximum absolute atomic E-state index is 12.9. The molecule has 0 aliphatic carbocycles. The molecule has 1 aliphatic heterocycles. The zero-order valence-electron chi connectivity index (χ0n) is 18.4. The second-order valence-electron chi connectivity index (χ2n) is 8.45. The molecule has 168 valence electrons. The summed E-state index contributed by atoms with van der Waals surface area (Å²) in [5.74, 6) is 1.16. The number of likely N-dealkylation sites (tertiary alicyclic amines) is 1. The fourth-order valence-corrected chi connectivity index (χ4v) is 4.06. The quantitative estimate of drug-likeness (QED) is 0.537. The first-order valence-electron chi connectivity index (χ1n) is 11.2. The van der Waals surface area contributed by atoms with Crippen molar-refractivity contribution in [3.05, 3.63) is 71.4 Å². The third-order valence-electron chi connectivity index (χ3n) is 5.92. The molecule has 2 aromatic carbocycles. The van der Waals surface area contributed by atoms with E-state index in [4.69, 9.17) is 4.52 Å². The highest BCUT2D eigenvalue weighted by atomic mass is 19.1. The summed E-state index contributed by atoms with van der Waals surface area (Å²) in [4.78, 5) is 19.3. The SMILES string of the molecule is Cc1cccc(-c2noc(CN3CCC(C(=O)NCCCc4ccc(F)cc4)CC3)n2)c1. The van der Waals surface area contributed by atoms with Crippen LogP contribution in [0.2, 0.25) is 0 Å². The zero-order valence-corrected chi connectivity index (χ0v) is 18.4. The van der Waals surface area contributed by atoms with Gasteiger partial charge in [-0.05, 0) is 69.5 Å². The molecule has 0 bridgehead atoms. The van der Waals surface area contributed by atoms with Crippen LogP contribution in [0.25, 0.3) is 11.4 Å². The van der Waals surface area contributed by atoms with Crippen LogP contribution in [0.5, 0.6) is 0 Å². The summed E-state index contributed by atoms with van der Waals surface area (Å²) in [5, 5.41) is 7.16. The maximum Gasteiger partial charge on any atom is 0.241 e. The molecule has 32 heavy (non-hydrogen) atoms. The van der Waals surface area contributed by atoms with Gasteiger partial charge in [0.15, 0.2) is 0 Å². The van der Waals surface area contributed by atoms with Crippen molar-refractivity contribution in [2.45, 2.75) is 39.2 Å². The van der Waals surface area contributed by atoms with Gasteiger partial charge in [-0.2, -0.15) is 4.98 Å². The molecule has 0 atom stereocenters. The number of benzene rings is 2. The van der Waals surface area contributed by atoms with Crippen LogP contribution in [-0.2, 0) is 17.8 Å². The smallest absolute Gasteiger partial charge is 0.241 e. The lowest BCUT2D eigenvalue weighted by atomic mass is 9.96. The van der Waals surface area contributed by atoms with Crippen LogP contribution in [0.15, 0.2) is 53.1 Å². The minimum absolute atomic E-state index is 0.0441. The number of rotatable bonds is 8. The Morgan fingerprint density at radius 3 is 2.72 bits per heavy atom. The molecule has 0 spiro atoms. The van der Waals surface area contributed by atoms with E-state index < -0.39 is 0 Å². The van der Waals surface area contributed by atoms with E-state index in [1.54, 1.807) is 12.1 Å². The van der Waals surface area contributed by atoms with Gasteiger partial charge in [-0.15, -0.1) is 0 Å². The molecule has 6 nitrogen and oxygen atoms in total. The Labute approximate surface area is 187 Å². The number of hydrogen-bond donors (Lipinski definition) is 1. The monoisotopic (exact) mass is 436 g/mol. The average molecular weight is 437 g/mol. The van der Waals surface area contributed by atoms with E-state index in [0.717, 1.165) is 55.5 Å². The zero-order chi connectivity index (χ0) is 22.3. The minimum atomic E-state index is -0.223. The first-order chi connectivity index (χ1) is 15.6. The molecule has 0 saturated carbocycles. The van der Waals surface area contributed by atoms with Gasteiger partial charge in [0.25, 0.3) is 0 Å². The van der Waals surface area contributed by atoms with E-state index in [1.165, 1.54) is 12.1 Å². The maximum atomic E-state index is 12.9. The Morgan fingerprint density at radius 2 is 1.97 bits per heavy atom. The molecule has 1 saturated heterocycles. The van der Waals surface area contributed by atoms with Crippen molar-refractivity contribution in [2.24, 2.45) is 5.92 Å². The predicted octanol–water partition coefficient (Wildman–Crippen LogP) is 4.15. The molecule has 7 heteroatoms. The Morgan fingerprint density at radius 1 is 1.19 bits per heavy atom. The first kappa shape index (κ1) is 22.1. The van der Waals surface area contributed by atoms with Crippen molar-refractivity contribution in [1.29, 1.82) is 0 Å². The van der Waals surface area contributed by atoms with Crippen molar-refractivity contribution < 1.29 is 13.7 Å². The summed E-state index contributed by atoms with van der Waals surface area (Å²) in [6.45, 7) is 4.94. The first-order valence-corrected chi connectivity index (χ1v) is 11.2. The van der Waals surface area contributed by atoms with Gasteiger partial charge < -0.3 is 9.84 Å². The normalized spacial score (nSPS) is 15.1.